The molecule has 1 saturated heterocycles. The van der Waals surface area contributed by atoms with Crippen molar-refractivity contribution in [3.8, 4) is 0 Å². The van der Waals surface area contributed by atoms with E-state index in [1.165, 1.54) is 19.3 Å². The van der Waals surface area contributed by atoms with Crippen LogP contribution in [0.15, 0.2) is 31.1 Å². The number of amides is 2. The standard InChI is InChI=1S/C15H22N6O3/c1-3-11(21-9-7-16-8-10-21)19-14(24)20-15(2,13(22)23)12-17-5-4-6-18-12/h3-6,11,16H,1,7-10H2,2H3,(H,22,23)(H2,19,20,24). The lowest BCUT2D eigenvalue weighted by Crippen LogP contribution is -2.59. The van der Waals surface area contributed by atoms with Crippen LogP contribution in [0.25, 0.3) is 0 Å². The van der Waals surface area contributed by atoms with Crippen molar-refractivity contribution in [2.75, 3.05) is 26.2 Å². The van der Waals surface area contributed by atoms with Crippen molar-refractivity contribution in [2.45, 2.75) is 18.6 Å². The monoisotopic (exact) mass is 334 g/mol. The Labute approximate surface area is 140 Å². The zero-order valence-corrected chi connectivity index (χ0v) is 13.5. The molecule has 9 heteroatoms. The smallest absolute Gasteiger partial charge is 0.337 e. The molecule has 0 bridgehead atoms. The molecule has 1 aliphatic heterocycles. The SMILES string of the molecule is C=CC(NC(=O)NC(C)(C(=O)O)c1ncccn1)N1CCNCC1. The lowest BCUT2D eigenvalue weighted by Gasteiger charge is -2.34. The number of carboxylic acid groups (broad SMARTS) is 1. The number of carbonyl (C=O) groups excluding carboxylic acids is 1. The molecule has 0 saturated carbocycles. The molecule has 0 radical (unpaired) electrons. The molecule has 0 spiro atoms. The number of rotatable bonds is 6. The summed E-state index contributed by atoms with van der Waals surface area (Å²) in [4.78, 5) is 33.9. The third kappa shape index (κ3) is 4.06. The average molecular weight is 334 g/mol. The molecule has 1 fully saturated rings. The van der Waals surface area contributed by atoms with Crippen LogP contribution in [-0.2, 0) is 10.3 Å². The van der Waals surface area contributed by atoms with Crippen molar-refractivity contribution in [3.05, 3.63) is 36.9 Å². The lowest BCUT2D eigenvalue weighted by molar-refractivity contribution is -0.144. The summed E-state index contributed by atoms with van der Waals surface area (Å²) < 4.78 is 0. The van der Waals surface area contributed by atoms with Gasteiger partial charge in [-0.15, -0.1) is 0 Å². The van der Waals surface area contributed by atoms with Crippen LogP contribution < -0.4 is 16.0 Å². The molecular formula is C15H22N6O3. The van der Waals surface area contributed by atoms with Gasteiger partial charge in [0.1, 0.15) is 6.17 Å². The van der Waals surface area contributed by atoms with Crippen molar-refractivity contribution in [1.29, 1.82) is 0 Å². The number of carboxylic acids is 1. The van der Waals surface area contributed by atoms with Gasteiger partial charge in [0, 0.05) is 38.6 Å². The van der Waals surface area contributed by atoms with Crippen LogP contribution in [0.1, 0.15) is 12.7 Å². The Morgan fingerprint density at radius 2 is 2.04 bits per heavy atom. The average Bonchev–Trinajstić information content (AvgIpc) is 2.61. The first-order chi connectivity index (χ1) is 11.5. The molecule has 2 atom stereocenters. The van der Waals surface area contributed by atoms with Crippen molar-refractivity contribution in [2.24, 2.45) is 0 Å². The Hall–Kier alpha value is -2.52. The quantitative estimate of drug-likeness (QED) is 0.517. The van der Waals surface area contributed by atoms with Gasteiger partial charge in [0.2, 0.25) is 0 Å². The number of nitrogens with one attached hydrogen (secondary N) is 3. The first kappa shape index (κ1) is 17.8. The summed E-state index contributed by atoms with van der Waals surface area (Å²) >= 11 is 0. The van der Waals surface area contributed by atoms with E-state index in [1.807, 2.05) is 4.90 Å². The molecule has 0 aromatic carbocycles. The second-order valence-corrected chi connectivity index (χ2v) is 5.57. The molecule has 2 heterocycles. The van der Waals surface area contributed by atoms with Gasteiger partial charge in [0.05, 0.1) is 0 Å². The first-order valence-corrected chi connectivity index (χ1v) is 7.64. The number of hydrogen-bond acceptors (Lipinski definition) is 6. The molecule has 2 unspecified atom stereocenters. The first-order valence-electron chi connectivity index (χ1n) is 7.64. The molecule has 1 aromatic heterocycles. The number of piperazine rings is 1. The molecule has 130 valence electrons. The van der Waals surface area contributed by atoms with Gasteiger partial charge in [-0.2, -0.15) is 0 Å². The number of urea groups is 1. The van der Waals surface area contributed by atoms with Crippen LogP contribution in [-0.4, -0.2) is 64.3 Å². The highest BCUT2D eigenvalue weighted by atomic mass is 16.4. The molecular weight excluding hydrogens is 312 g/mol. The molecule has 2 rings (SSSR count). The van der Waals surface area contributed by atoms with Gasteiger partial charge in [-0.3, -0.25) is 4.90 Å². The Kier molecular flexibility index (Phi) is 5.83. The maximum absolute atomic E-state index is 12.3. The summed E-state index contributed by atoms with van der Waals surface area (Å²) in [6.07, 6.45) is 4.08. The molecule has 24 heavy (non-hydrogen) atoms. The number of aliphatic carboxylic acids is 1. The third-order valence-corrected chi connectivity index (χ3v) is 3.85. The predicted molar refractivity (Wildman–Crippen MR) is 87.1 cm³/mol. The molecule has 0 aliphatic carbocycles. The van der Waals surface area contributed by atoms with Crippen LogP contribution >= 0.6 is 0 Å². The van der Waals surface area contributed by atoms with Gasteiger partial charge in [-0.05, 0) is 13.0 Å². The summed E-state index contributed by atoms with van der Waals surface area (Å²) in [5.41, 5.74) is -1.74. The van der Waals surface area contributed by atoms with Gasteiger partial charge in [-0.1, -0.05) is 12.7 Å². The Morgan fingerprint density at radius 1 is 1.42 bits per heavy atom. The normalized spacial score (nSPS) is 18.9. The minimum atomic E-state index is -1.74. The Bertz CT molecular complexity index is 590. The van der Waals surface area contributed by atoms with Crippen molar-refractivity contribution < 1.29 is 14.7 Å². The molecule has 4 N–H and O–H groups in total. The highest BCUT2D eigenvalue weighted by molar-refractivity contribution is 5.86. The number of hydrogen-bond donors (Lipinski definition) is 4. The largest absolute Gasteiger partial charge is 0.479 e. The highest BCUT2D eigenvalue weighted by Crippen LogP contribution is 2.16. The van der Waals surface area contributed by atoms with Crippen LogP contribution in [0, 0.1) is 0 Å². The molecule has 1 aromatic rings. The zero-order chi connectivity index (χ0) is 17.6. The minimum Gasteiger partial charge on any atom is -0.479 e. The second-order valence-electron chi connectivity index (χ2n) is 5.57. The van der Waals surface area contributed by atoms with Gasteiger partial charge in [-0.25, -0.2) is 19.6 Å². The fourth-order valence-corrected chi connectivity index (χ4v) is 2.42. The molecule has 1 aliphatic rings. The van der Waals surface area contributed by atoms with Crippen LogP contribution in [0.4, 0.5) is 4.79 Å². The van der Waals surface area contributed by atoms with E-state index in [4.69, 9.17) is 0 Å². The van der Waals surface area contributed by atoms with Crippen LogP contribution in [0.2, 0.25) is 0 Å². The Morgan fingerprint density at radius 3 is 2.58 bits per heavy atom. The summed E-state index contributed by atoms with van der Waals surface area (Å²) in [6, 6.07) is 0.944. The summed E-state index contributed by atoms with van der Waals surface area (Å²) in [5.74, 6) is -1.24. The third-order valence-electron chi connectivity index (χ3n) is 3.85. The Balaban J connectivity index is 2.07. The van der Waals surface area contributed by atoms with E-state index in [9.17, 15) is 14.7 Å². The molecule has 2 amide bonds. The molecule has 9 nitrogen and oxygen atoms in total. The van der Waals surface area contributed by atoms with Crippen LogP contribution in [0.3, 0.4) is 0 Å². The lowest BCUT2D eigenvalue weighted by atomic mass is 10.0. The topological polar surface area (TPSA) is 119 Å². The van der Waals surface area contributed by atoms with E-state index in [-0.39, 0.29) is 12.0 Å². The number of aromatic nitrogens is 2. The van der Waals surface area contributed by atoms with Crippen molar-refractivity contribution in [3.63, 3.8) is 0 Å². The maximum Gasteiger partial charge on any atom is 0.337 e. The van der Waals surface area contributed by atoms with Gasteiger partial charge in [0.15, 0.2) is 11.4 Å². The van der Waals surface area contributed by atoms with E-state index < -0.39 is 17.5 Å². The minimum absolute atomic E-state index is 0.00461. The second kappa shape index (κ2) is 7.84. The predicted octanol–water partition coefficient (Wildman–Crippen LogP) is -0.507. The maximum atomic E-state index is 12.3. The van der Waals surface area contributed by atoms with E-state index in [0.29, 0.717) is 0 Å². The van der Waals surface area contributed by atoms with Crippen molar-refractivity contribution in [1.82, 2.24) is 30.8 Å². The zero-order valence-electron chi connectivity index (χ0n) is 13.5. The number of nitrogens with zero attached hydrogens (tertiary/aromatic N) is 3. The van der Waals surface area contributed by atoms with Crippen molar-refractivity contribution >= 4 is 12.0 Å². The van der Waals surface area contributed by atoms with Gasteiger partial charge >= 0.3 is 12.0 Å². The van der Waals surface area contributed by atoms with E-state index in [2.05, 4.69) is 32.5 Å². The van der Waals surface area contributed by atoms with Crippen LogP contribution in [0.5, 0.6) is 0 Å². The number of carbonyl (C=O) groups is 2. The van der Waals surface area contributed by atoms with E-state index >= 15 is 0 Å². The van der Waals surface area contributed by atoms with Gasteiger partial charge < -0.3 is 21.1 Å². The summed E-state index contributed by atoms with van der Waals surface area (Å²) in [6.45, 7) is 8.23. The fourth-order valence-electron chi connectivity index (χ4n) is 2.42. The summed E-state index contributed by atoms with van der Waals surface area (Å²) in [7, 11) is 0. The van der Waals surface area contributed by atoms with Gasteiger partial charge in [0.25, 0.3) is 0 Å². The fraction of sp³-hybridized carbons (Fsp3) is 0.467. The highest BCUT2D eigenvalue weighted by Gasteiger charge is 2.40. The van der Waals surface area contributed by atoms with E-state index in [1.54, 1.807) is 12.1 Å². The summed E-state index contributed by atoms with van der Waals surface area (Å²) in [5, 5.41) is 17.9. The van der Waals surface area contributed by atoms with E-state index in [0.717, 1.165) is 26.2 Å².